The van der Waals surface area contributed by atoms with E-state index in [4.69, 9.17) is 11.6 Å². The van der Waals surface area contributed by atoms with Gasteiger partial charge in [0.05, 0.1) is 5.52 Å². The van der Waals surface area contributed by atoms with Gasteiger partial charge in [-0.1, -0.05) is 26.0 Å². The monoisotopic (exact) mass is 275 g/mol. The molecule has 3 rings (SSSR count). The maximum Gasteiger partial charge on any atom is 0.224 e. The molecule has 0 N–H and O–H groups in total. The molecule has 2 heterocycles. The van der Waals surface area contributed by atoms with Crippen LogP contribution in [0.25, 0.3) is 10.9 Å². The van der Waals surface area contributed by atoms with Gasteiger partial charge in [-0.25, -0.2) is 4.98 Å². The van der Waals surface area contributed by atoms with E-state index in [1.165, 1.54) is 12.8 Å². The van der Waals surface area contributed by atoms with Crippen LogP contribution in [0.4, 0.5) is 5.82 Å². The highest BCUT2D eigenvalue weighted by molar-refractivity contribution is 6.28. The molecule has 1 aromatic carbocycles. The quantitative estimate of drug-likeness (QED) is 0.739. The van der Waals surface area contributed by atoms with Gasteiger partial charge in [0.1, 0.15) is 5.82 Å². The maximum atomic E-state index is 6.07. The van der Waals surface area contributed by atoms with E-state index in [0.29, 0.717) is 10.7 Å². The fraction of sp³-hybridized carbons (Fsp3) is 0.467. The number of halogens is 1. The van der Waals surface area contributed by atoms with E-state index in [1.807, 2.05) is 18.2 Å². The van der Waals surface area contributed by atoms with Crippen LogP contribution in [0, 0.1) is 5.41 Å². The Bertz CT molecular complexity index is 609. The first-order valence-corrected chi connectivity index (χ1v) is 7.10. The van der Waals surface area contributed by atoms with Gasteiger partial charge < -0.3 is 4.90 Å². The molecule has 0 amide bonds. The first kappa shape index (κ1) is 12.7. The SMILES string of the molecule is CC1(C)CCCN(c2nc(Cl)nc3ccccc23)C1. The van der Waals surface area contributed by atoms with Crippen LogP contribution in [0.3, 0.4) is 0 Å². The summed E-state index contributed by atoms with van der Waals surface area (Å²) in [6, 6.07) is 8.07. The molecule has 3 nitrogen and oxygen atoms in total. The maximum absolute atomic E-state index is 6.07. The second kappa shape index (κ2) is 4.64. The number of hydrogen-bond acceptors (Lipinski definition) is 3. The van der Waals surface area contributed by atoms with Crippen molar-refractivity contribution in [2.75, 3.05) is 18.0 Å². The van der Waals surface area contributed by atoms with Gasteiger partial charge in [0.15, 0.2) is 0 Å². The van der Waals surface area contributed by atoms with Gasteiger partial charge in [-0.2, -0.15) is 4.98 Å². The molecule has 0 radical (unpaired) electrons. The number of rotatable bonds is 1. The minimum Gasteiger partial charge on any atom is -0.355 e. The van der Waals surface area contributed by atoms with E-state index in [-0.39, 0.29) is 0 Å². The highest BCUT2D eigenvalue weighted by Gasteiger charge is 2.28. The zero-order valence-electron chi connectivity index (χ0n) is 11.4. The lowest BCUT2D eigenvalue weighted by molar-refractivity contribution is 0.292. The van der Waals surface area contributed by atoms with Crippen LogP contribution in [-0.2, 0) is 0 Å². The van der Waals surface area contributed by atoms with Gasteiger partial charge in [0.25, 0.3) is 0 Å². The van der Waals surface area contributed by atoms with E-state index in [1.54, 1.807) is 0 Å². The van der Waals surface area contributed by atoms with Crippen molar-refractivity contribution >= 4 is 28.3 Å². The molecule has 1 saturated heterocycles. The number of hydrogen-bond donors (Lipinski definition) is 0. The van der Waals surface area contributed by atoms with Gasteiger partial charge in [-0.3, -0.25) is 0 Å². The Morgan fingerprint density at radius 1 is 1.21 bits per heavy atom. The largest absolute Gasteiger partial charge is 0.355 e. The van der Waals surface area contributed by atoms with Gasteiger partial charge in [-0.15, -0.1) is 0 Å². The summed E-state index contributed by atoms with van der Waals surface area (Å²) in [5.41, 5.74) is 1.25. The molecule has 0 unspecified atom stereocenters. The molecule has 1 aromatic heterocycles. The predicted molar refractivity (Wildman–Crippen MR) is 79.8 cm³/mol. The van der Waals surface area contributed by atoms with Crippen molar-refractivity contribution in [2.45, 2.75) is 26.7 Å². The van der Waals surface area contributed by atoms with E-state index in [2.05, 4.69) is 34.8 Å². The summed E-state index contributed by atoms with van der Waals surface area (Å²) in [5, 5.41) is 1.42. The summed E-state index contributed by atoms with van der Waals surface area (Å²) in [6.45, 7) is 6.68. The third-order valence-electron chi connectivity index (χ3n) is 3.76. The standard InChI is InChI=1S/C15H18ClN3/c1-15(2)8-5-9-19(10-15)13-11-6-3-4-7-12(11)17-14(16)18-13/h3-4,6-7H,5,8-10H2,1-2H3. The molecule has 1 aliphatic heterocycles. The Balaban J connectivity index is 2.09. The molecule has 0 atom stereocenters. The van der Waals surface area contributed by atoms with Gasteiger partial charge in [0, 0.05) is 18.5 Å². The summed E-state index contributed by atoms with van der Waals surface area (Å²) < 4.78 is 0. The molecule has 1 fully saturated rings. The van der Waals surface area contributed by atoms with Crippen molar-refractivity contribution in [2.24, 2.45) is 5.41 Å². The molecular formula is C15H18ClN3. The van der Waals surface area contributed by atoms with Crippen LogP contribution >= 0.6 is 11.6 Å². The number of fused-ring (bicyclic) bond motifs is 1. The average Bonchev–Trinajstić information content (AvgIpc) is 2.36. The molecule has 4 heteroatoms. The van der Waals surface area contributed by atoms with E-state index >= 15 is 0 Å². The topological polar surface area (TPSA) is 29.0 Å². The van der Waals surface area contributed by atoms with E-state index in [0.717, 1.165) is 29.8 Å². The average molecular weight is 276 g/mol. The smallest absolute Gasteiger partial charge is 0.224 e. The minimum absolute atomic E-state index is 0.330. The zero-order valence-corrected chi connectivity index (χ0v) is 12.1. The zero-order chi connectivity index (χ0) is 13.5. The molecule has 0 aliphatic carbocycles. The van der Waals surface area contributed by atoms with E-state index < -0.39 is 0 Å². The van der Waals surface area contributed by atoms with Crippen molar-refractivity contribution in [3.63, 3.8) is 0 Å². The molecule has 2 aromatic rings. The summed E-state index contributed by atoms with van der Waals surface area (Å²) in [7, 11) is 0. The second-order valence-corrected chi connectivity index (χ2v) is 6.36. The summed E-state index contributed by atoms with van der Waals surface area (Å²) in [4.78, 5) is 11.1. The summed E-state index contributed by atoms with van der Waals surface area (Å²) >= 11 is 6.07. The van der Waals surface area contributed by atoms with Crippen molar-refractivity contribution in [1.82, 2.24) is 9.97 Å². The van der Waals surface area contributed by atoms with Crippen LogP contribution in [-0.4, -0.2) is 23.1 Å². The van der Waals surface area contributed by atoms with Crippen LogP contribution in [0.5, 0.6) is 0 Å². The van der Waals surface area contributed by atoms with Gasteiger partial charge in [0.2, 0.25) is 5.28 Å². The Kier molecular flexibility index (Phi) is 3.09. The molecule has 0 saturated carbocycles. The van der Waals surface area contributed by atoms with Gasteiger partial charge >= 0.3 is 0 Å². The first-order valence-electron chi connectivity index (χ1n) is 6.72. The Hall–Kier alpha value is -1.35. The van der Waals surface area contributed by atoms with Gasteiger partial charge in [-0.05, 0) is 42.0 Å². The molecule has 0 bridgehead atoms. The lowest BCUT2D eigenvalue weighted by Gasteiger charge is -2.39. The second-order valence-electron chi connectivity index (χ2n) is 6.02. The van der Waals surface area contributed by atoms with Crippen molar-refractivity contribution in [3.05, 3.63) is 29.5 Å². The Labute approximate surface area is 118 Å². The Morgan fingerprint density at radius 3 is 2.79 bits per heavy atom. The Morgan fingerprint density at radius 2 is 2.00 bits per heavy atom. The van der Waals surface area contributed by atoms with E-state index in [9.17, 15) is 0 Å². The van der Waals surface area contributed by atoms with Crippen molar-refractivity contribution in [3.8, 4) is 0 Å². The lowest BCUT2D eigenvalue weighted by Crippen LogP contribution is -2.40. The molecule has 19 heavy (non-hydrogen) atoms. The third-order valence-corrected chi connectivity index (χ3v) is 3.92. The molecule has 0 spiro atoms. The van der Waals surface area contributed by atoms with Crippen LogP contribution in [0.2, 0.25) is 5.28 Å². The molecular weight excluding hydrogens is 258 g/mol. The van der Waals surface area contributed by atoms with Crippen molar-refractivity contribution < 1.29 is 0 Å². The summed E-state index contributed by atoms with van der Waals surface area (Å²) in [6.07, 6.45) is 2.46. The van der Waals surface area contributed by atoms with Crippen LogP contribution in [0.15, 0.2) is 24.3 Å². The van der Waals surface area contributed by atoms with Crippen LogP contribution < -0.4 is 4.90 Å². The highest BCUT2D eigenvalue weighted by atomic mass is 35.5. The fourth-order valence-electron chi connectivity index (χ4n) is 2.88. The number of para-hydroxylation sites is 1. The lowest BCUT2D eigenvalue weighted by atomic mass is 9.84. The first-order chi connectivity index (χ1) is 9.05. The number of benzene rings is 1. The fourth-order valence-corrected chi connectivity index (χ4v) is 3.05. The molecule has 1 aliphatic rings. The summed E-state index contributed by atoms with van der Waals surface area (Å²) in [5.74, 6) is 0.975. The number of aromatic nitrogens is 2. The minimum atomic E-state index is 0.330. The highest BCUT2D eigenvalue weighted by Crippen LogP contribution is 2.33. The number of nitrogens with zero attached hydrogens (tertiary/aromatic N) is 3. The molecule has 100 valence electrons. The number of piperidine rings is 1. The predicted octanol–water partition coefficient (Wildman–Crippen LogP) is 3.91. The van der Waals surface area contributed by atoms with Crippen molar-refractivity contribution in [1.29, 1.82) is 0 Å². The number of anilines is 1. The normalized spacial score (nSPS) is 18.8. The third kappa shape index (κ3) is 2.52. The van der Waals surface area contributed by atoms with Crippen LogP contribution in [0.1, 0.15) is 26.7 Å².